The summed E-state index contributed by atoms with van der Waals surface area (Å²) in [5.41, 5.74) is 1.54. The first-order chi connectivity index (χ1) is 20.2. The lowest BCUT2D eigenvalue weighted by Gasteiger charge is -2.22. The Labute approximate surface area is 244 Å². The summed E-state index contributed by atoms with van der Waals surface area (Å²) in [4.78, 5) is 36.9. The number of hydrogen-bond acceptors (Lipinski definition) is 11. The quantitative estimate of drug-likeness (QED) is 0.166. The molecule has 224 valence electrons. The molecule has 0 radical (unpaired) electrons. The highest BCUT2D eigenvalue weighted by atomic mass is 35.5. The van der Waals surface area contributed by atoms with E-state index in [-0.39, 0.29) is 23.9 Å². The van der Waals surface area contributed by atoms with E-state index in [1.807, 2.05) is 0 Å². The number of ether oxygens (including phenoxy) is 3. The van der Waals surface area contributed by atoms with Gasteiger partial charge in [0.15, 0.2) is 6.10 Å². The lowest BCUT2D eigenvalue weighted by molar-refractivity contribution is -0.164. The molecule has 0 unspecified atom stereocenters. The van der Waals surface area contributed by atoms with E-state index < -0.39 is 48.6 Å². The van der Waals surface area contributed by atoms with Crippen molar-refractivity contribution < 1.29 is 43.3 Å². The highest BCUT2D eigenvalue weighted by Crippen LogP contribution is 2.27. The van der Waals surface area contributed by atoms with Gasteiger partial charge in [0.1, 0.15) is 11.9 Å². The summed E-state index contributed by atoms with van der Waals surface area (Å²) in [6.45, 7) is -0.760. The molecule has 0 saturated heterocycles. The molecule has 42 heavy (non-hydrogen) atoms. The molecule has 3 N–H and O–H groups in total. The van der Waals surface area contributed by atoms with Crippen LogP contribution in [0.4, 0.5) is 9.18 Å². The predicted molar refractivity (Wildman–Crippen MR) is 143 cm³/mol. The molecule has 2 aromatic carbocycles. The number of tetrazole rings is 1. The Morgan fingerprint density at radius 1 is 1.10 bits per heavy atom. The van der Waals surface area contributed by atoms with Gasteiger partial charge >= 0.3 is 12.1 Å². The summed E-state index contributed by atoms with van der Waals surface area (Å²) in [5, 5.41) is 32.7. The van der Waals surface area contributed by atoms with Crippen LogP contribution >= 0.6 is 11.6 Å². The molecule has 1 aliphatic carbocycles. The fraction of sp³-hybridized carbons (Fsp3) is 0.407. The van der Waals surface area contributed by atoms with Crippen LogP contribution in [0, 0.1) is 5.82 Å². The number of aromatic nitrogens is 4. The van der Waals surface area contributed by atoms with Crippen LogP contribution < -0.4 is 5.32 Å². The molecule has 1 aromatic heterocycles. The van der Waals surface area contributed by atoms with E-state index in [4.69, 9.17) is 25.8 Å². The fourth-order valence-corrected chi connectivity index (χ4v) is 4.69. The number of nitrogens with zero attached hydrogens (tertiary/aromatic N) is 4. The summed E-state index contributed by atoms with van der Waals surface area (Å²) in [6, 6.07) is 10.0. The van der Waals surface area contributed by atoms with Crippen molar-refractivity contribution in [3.63, 3.8) is 0 Å². The number of hydrogen-bond donors (Lipinski definition) is 3. The zero-order valence-electron chi connectivity index (χ0n) is 22.3. The molecule has 2 atom stereocenters. The number of esters is 1. The number of rotatable bonds is 11. The predicted octanol–water partition coefficient (Wildman–Crippen LogP) is 3.45. The van der Waals surface area contributed by atoms with Crippen LogP contribution in [0.3, 0.4) is 0 Å². The Morgan fingerprint density at radius 3 is 2.52 bits per heavy atom. The molecule has 0 bridgehead atoms. The zero-order chi connectivity index (χ0) is 30.1. The molecule has 1 saturated carbocycles. The van der Waals surface area contributed by atoms with Crippen molar-refractivity contribution in [2.75, 3.05) is 6.79 Å². The summed E-state index contributed by atoms with van der Waals surface area (Å²) in [7, 11) is 0. The molecule has 0 spiro atoms. The van der Waals surface area contributed by atoms with Crippen LogP contribution in [0.2, 0.25) is 5.02 Å². The van der Waals surface area contributed by atoms with Crippen LogP contribution in [0.5, 0.6) is 0 Å². The van der Waals surface area contributed by atoms with Gasteiger partial charge in [-0.1, -0.05) is 52.5 Å². The third-order valence-electron chi connectivity index (χ3n) is 6.59. The number of carbonyl (C=O) groups excluding carboxylic acids is 3. The van der Waals surface area contributed by atoms with E-state index in [1.54, 1.807) is 24.3 Å². The summed E-state index contributed by atoms with van der Waals surface area (Å²) < 4.78 is 29.1. The normalized spacial score (nSPS) is 14.9. The van der Waals surface area contributed by atoms with Crippen molar-refractivity contribution in [1.82, 2.24) is 25.7 Å². The smallest absolute Gasteiger partial charge is 0.431 e. The minimum absolute atomic E-state index is 0.114. The summed E-state index contributed by atoms with van der Waals surface area (Å²) in [5.74, 6) is -2.82. The molecular formula is C27H29ClFN5O8. The highest BCUT2D eigenvalue weighted by molar-refractivity contribution is 6.30. The summed E-state index contributed by atoms with van der Waals surface area (Å²) in [6.07, 6.45) is 1.35. The first-order valence-corrected chi connectivity index (χ1v) is 13.6. The Kier molecular flexibility index (Phi) is 10.6. The SMILES string of the molecule is O=C(OCOC(=O)[C@H](O)C[C@@H](Cc1ccc(-c2cc(Cl)ccc2F)cc1)NC(=O)c1nnn(O)n1)OC1CCCCC1. The van der Waals surface area contributed by atoms with Crippen molar-refractivity contribution in [3.05, 3.63) is 64.7 Å². The number of nitrogens with one attached hydrogen (secondary N) is 1. The molecule has 1 fully saturated rings. The second-order valence-corrected chi connectivity index (χ2v) is 10.1. The van der Waals surface area contributed by atoms with Crippen LogP contribution in [-0.2, 0) is 25.4 Å². The highest BCUT2D eigenvalue weighted by Gasteiger charge is 2.26. The third-order valence-corrected chi connectivity index (χ3v) is 6.83. The van der Waals surface area contributed by atoms with Crippen molar-refractivity contribution in [3.8, 4) is 11.1 Å². The number of carbonyl (C=O) groups is 3. The zero-order valence-corrected chi connectivity index (χ0v) is 23.1. The van der Waals surface area contributed by atoms with Gasteiger partial charge in [0.05, 0.1) is 0 Å². The van der Waals surface area contributed by atoms with Crippen LogP contribution in [0.25, 0.3) is 11.1 Å². The van der Waals surface area contributed by atoms with Crippen LogP contribution in [0.1, 0.15) is 54.7 Å². The van der Waals surface area contributed by atoms with Gasteiger partial charge in [-0.05, 0) is 66.6 Å². The average molecular weight is 606 g/mol. The average Bonchev–Trinajstić information content (AvgIpc) is 3.41. The van der Waals surface area contributed by atoms with Gasteiger partial charge in [0, 0.05) is 28.0 Å². The number of halogens is 2. The Balaban J connectivity index is 1.36. The van der Waals surface area contributed by atoms with Crippen molar-refractivity contribution in [2.24, 2.45) is 0 Å². The lowest BCUT2D eigenvalue weighted by Crippen LogP contribution is -2.41. The van der Waals surface area contributed by atoms with Gasteiger partial charge in [-0.2, -0.15) is 0 Å². The maximum atomic E-state index is 14.3. The first kappa shape index (κ1) is 30.7. The number of benzene rings is 2. The Bertz CT molecular complexity index is 1380. The fourth-order valence-electron chi connectivity index (χ4n) is 4.52. The maximum absolute atomic E-state index is 14.3. The van der Waals surface area contributed by atoms with E-state index in [2.05, 4.69) is 20.7 Å². The van der Waals surface area contributed by atoms with Gasteiger partial charge in [-0.3, -0.25) is 4.79 Å². The van der Waals surface area contributed by atoms with Crippen LogP contribution in [0.15, 0.2) is 42.5 Å². The van der Waals surface area contributed by atoms with Crippen molar-refractivity contribution >= 4 is 29.6 Å². The molecule has 0 aliphatic heterocycles. The molecule has 3 aromatic rings. The summed E-state index contributed by atoms with van der Waals surface area (Å²) >= 11 is 6.00. The topological polar surface area (TPSA) is 175 Å². The standard InChI is InChI=1S/C27H29ClFN5O8/c28-18-10-11-22(29)21(13-18)17-8-6-16(7-9-17)12-19(30-25(36)24-31-33-34(39)32-24)14-23(35)26(37)40-15-41-27(38)42-20-4-2-1-3-5-20/h6-11,13,19-20,23,35,39H,1-5,12,14-15H2,(H,30,36)/t19-,23-/m1/s1. The number of aliphatic hydroxyl groups is 1. The molecule has 13 nitrogen and oxygen atoms in total. The maximum Gasteiger partial charge on any atom is 0.511 e. The number of aliphatic hydroxyl groups excluding tert-OH is 1. The molecule has 1 aliphatic rings. The molecule has 1 amide bonds. The van der Waals surface area contributed by atoms with Gasteiger partial charge in [0.2, 0.25) is 6.79 Å². The molecule has 1 heterocycles. The molecule has 15 heteroatoms. The Morgan fingerprint density at radius 2 is 1.83 bits per heavy atom. The van der Waals surface area contributed by atoms with Crippen molar-refractivity contribution in [1.29, 1.82) is 0 Å². The van der Waals surface area contributed by atoms with E-state index in [0.717, 1.165) is 32.1 Å². The minimum Gasteiger partial charge on any atom is -0.431 e. The van der Waals surface area contributed by atoms with Gasteiger partial charge in [-0.25, -0.2) is 14.0 Å². The van der Waals surface area contributed by atoms with E-state index in [0.29, 0.717) is 21.7 Å². The van der Waals surface area contributed by atoms with Gasteiger partial charge in [-0.15, -0.1) is 0 Å². The first-order valence-electron chi connectivity index (χ1n) is 13.2. The van der Waals surface area contributed by atoms with E-state index in [1.165, 1.54) is 18.2 Å². The second kappa shape index (κ2) is 14.5. The van der Waals surface area contributed by atoms with E-state index in [9.17, 15) is 29.1 Å². The van der Waals surface area contributed by atoms with E-state index >= 15 is 0 Å². The van der Waals surface area contributed by atoms with Crippen LogP contribution in [-0.4, -0.2) is 73.8 Å². The lowest BCUT2D eigenvalue weighted by atomic mass is 9.97. The monoisotopic (exact) mass is 605 g/mol. The molecule has 4 rings (SSSR count). The second-order valence-electron chi connectivity index (χ2n) is 9.68. The molecular weight excluding hydrogens is 577 g/mol. The minimum atomic E-state index is -1.71. The van der Waals surface area contributed by atoms with Crippen molar-refractivity contribution in [2.45, 2.75) is 63.2 Å². The Hall–Kier alpha value is -4.30. The number of amides is 1. The van der Waals surface area contributed by atoms with Gasteiger partial charge < -0.3 is 29.8 Å². The largest absolute Gasteiger partial charge is 0.511 e. The third kappa shape index (κ3) is 8.85. The van der Waals surface area contributed by atoms with Gasteiger partial charge in [0.25, 0.3) is 11.7 Å².